The first kappa shape index (κ1) is 17.5. The van der Waals surface area contributed by atoms with E-state index < -0.39 is 0 Å². The molecule has 0 radical (unpaired) electrons. The zero-order chi connectivity index (χ0) is 17.6. The molecular weight excluding hydrogens is 338 g/mol. The number of urea groups is 1. The number of benzene rings is 1. The zero-order valence-corrected chi connectivity index (χ0v) is 15.3. The molecule has 0 spiro atoms. The topological polar surface area (TPSA) is 79.4 Å². The number of anilines is 3. The van der Waals surface area contributed by atoms with E-state index in [1.54, 1.807) is 6.07 Å². The largest absolute Gasteiger partial charge is 0.492 e. The summed E-state index contributed by atoms with van der Waals surface area (Å²) in [7, 11) is 0. The van der Waals surface area contributed by atoms with Crippen molar-refractivity contribution in [2.45, 2.75) is 26.7 Å². The molecule has 2 heterocycles. The molecule has 0 unspecified atom stereocenters. The minimum atomic E-state index is -0.359. The Bertz CT molecular complexity index is 721. The SMILES string of the molecule is CCOc1ccccc1NC(=O)Nc1nnc(N2CCC[C@H](C)C2)s1. The van der Waals surface area contributed by atoms with Crippen molar-refractivity contribution < 1.29 is 9.53 Å². The Morgan fingerprint density at radius 1 is 1.36 bits per heavy atom. The average molecular weight is 361 g/mol. The van der Waals surface area contributed by atoms with E-state index in [2.05, 4.69) is 32.7 Å². The molecule has 134 valence electrons. The van der Waals surface area contributed by atoms with Gasteiger partial charge >= 0.3 is 6.03 Å². The van der Waals surface area contributed by atoms with Gasteiger partial charge in [0.2, 0.25) is 10.3 Å². The second-order valence-corrected chi connectivity index (χ2v) is 7.05. The Kier molecular flexibility index (Phi) is 5.70. The van der Waals surface area contributed by atoms with Crippen LogP contribution in [0, 0.1) is 5.92 Å². The van der Waals surface area contributed by atoms with Gasteiger partial charge in [0.05, 0.1) is 12.3 Å². The third kappa shape index (κ3) is 4.60. The highest BCUT2D eigenvalue weighted by atomic mass is 32.1. The first-order valence-electron chi connectivity index (χ1n) is 8.54. The van der Waals surface area contributed by atoms with Gasteiger partial charge in [0.25, 0.3) is 0 Å². The number of carbonyl (C=O) groups excluding carboxylic acids is 1. The van der Waals surface area contributed by atoms with E-state index in [0.29, 0.717) is 29.1 Å². The van der Waals surface area contributed by atoms with Crippen LogP contribution in [0.3, 0.4) is 0 Å². The molecule has 1 fully saturated rings. The van der Waals surface area contributed by atoms with Gasteiger partial charge in [-0.3, -0.25) is 5.32 Å². The minimum absolute atomic E-state index is 0.359. The quantitative estimate of drug-likeness (QED) is 0.846. The maximum Gasteiger partial charge on any atom is 0.325 e. The monoisotopic (exact) mass is 361 g/mol. The van der Waals surface area contributed by atoms with Gasteiger partial charge in [0.1, 0.15) is 5.75 Å². The molecular formula is C17H23N5O2S. The number of hydrogen-bond acceptors (Lipinski definition) is 6. The summed E-state index contributed by atoms with van der Waals surface area (Å²) in [4.78, 5) is 14.5. The van der Waals surface area contributed by atoms with Crippen LogP contribution in [0.5, 0.6) is 5.75 Å². The molecule has 2 aromatic rings. The van der Waals surface area contributed by atoms with Crippen molar-refractivity contribution in [3.8, 4) is 5.75 Å². The molecule has 1 aromatic carbocycles. The van der Waals surface area contributed by atoms with E-state index in [1.165, 1.54) is 17.8 Å². The summed E-state index contributed by atoms with van der Waals surface area (Å²) < 4.78 is 5.51. The van der Waals surface area contributed by atoms with Crippen LogP contribution in [-0.4, -0.2) is 35.9 Å². The minimum Gasteiger partial charge on any atom is -0.492 e. The van der Waals surface area contributed by atoms with Crippen LogP contribution in [-0.2, 0) is 0 Å². The fourth-order valence-corrected chi connectivity index (χ4v) is 3.63. The van der Waals surface area contributed by atoms with Gasteiger partial charge in [-0.25, -0.2) is 4.79 Å². The number of hydrogen-bond donors (Lipinski definition) is 2. The molecule has 1 aliphatic rings. The van der Waals surface area contributed by atoms with Gasteiger partial charge in [-0.2, -0.15) is 0 Å². The van der Waals surface area contributed by atoms with E-state index in [1.807, 2.05) is 25.1 Å². The fraction of sp³-hybridized carbons (Fsp3) is 0.471. The smallest absolute Gasteiger partial charge is 0.325 e. The van der Waals surface area contributed by atoms with Crippen molar-refractivity contribution in [3.05, 3.63) is 24.3 Å². The van der Waals surface area contributed by atoms with E-state index in [4.69, 9.17) is 4.74 Å². The number of nitrogens with one attached hydrogen (secondary N) is 2. The van der Waals surface area contributed by atoms with Crippen LogP contribution >= 0.6 is 11.3 Å². The number of ether oxygens (including phenoxy) is 1. The fourth-order valence-electron chi connectivity index (χ4n) is 2.86. The second kappa shape index (κ2) is 8.15. The van der Waals surface area contributed by atoms with Crippen molar-refractivity contribution in [2.75, 3.05) is 35.2 Å². The number of nitrogens with zero attached hydrogens (tertiary/aromatic N) is 3. The molecule has 8 heteroatoms. The number of rotatable bonds is 5. The van der Waals surface area contributed by atoms with E-state index in [-0.39, 0.29) is 6.03 Å². The van der Waals surface area contributed by atoms with Crippen molar-refractivity contribution in [1.82, 2.24) is 10.2 Å². The molecule has 3 rings (SSSR count). The maximum atomic E-state index is 12.2. The summed E-state index contributed by atoms with van der Waals surface area (Å²) in [6.45, 7) is 6.67. The molecule has 7 nitrogen and oxygen atoms in total. The summed E-state index contributed by atoms with van der Waals surface area (Å²) >= 11 is 1.40. The number of para-hydroxylation sites is 2. The number of amides is 2. The van der Waals surface area contributed by atoms with Crippen molar-refractivity contribution in [3.63, 3.8) is 0 Å². The Hall–Kier alpha value is -2.35. The molecule has 1 atom stereocenters. The summed E-state index contributed by atoms with van der Waals surface area (Å²) in [6, 6.07) is 6.97. The third-order valence-electron chi connectivity index (χ3n) is 4.00. The summed E-state index contributed by atoms with van der Waals surface area (Å²) in [5, 5.41) is 15.2. The van der Waals surface area contributed by atoms with Gasteiger partial charge < -0.3 is 15.0 Å². The highest BCUT2D eigenvalue weighted by Gasteiger charge is 2.20. The third-order valence-corrected chi connectivity index (χ3v) is 4.90. The predicted octanol–water partition coefficient (Wildman–Crippen LogP) is 3.82. The predicted molar refractivity (Wildman–Crippen MR) is 101 cm³/mol. The van der Waals surface area contributed by atoms with Crippen LogP contribution in [0.2, 0.25) is 0 Å². The van der Waals surface area contributed by atoms with E-state index in [9.17, 15) is 4.79 Å². The van der Waals surface area contributed by atoms with E-state index >= 15 is 0 Å². The molecule has 1 aliphatic heterocycles. The molecule has 1 aromatic heterocycles. The summed E-state index contributed by atoms with van der Waals surface area (Å²) in [5.74, 6) is 1.30. The van der Waals surface area contributed by atoms with Crippen LogP contribution < -0.4 is 20.3 Å². The van der Waals surface area contributed by atoms with Crippen molar-refractivity contribution in [1.29, 1.82) is 0 Å². The highest BCUT2D eigenvalue weighted by Crippen LogP contribution is 2.29. The number of aromatic nitrogens is 2. The van der Waals surface area contributed by atoms with Crippen molar-refractivity contribution in [2.24, 2.45) is 5.92 Å². The van der Waals surface area contributed by atoms with Crippen LogP contribution in [0.15, 0.2) is 24.3 Å². The lowest BCUT2D eigenvalue weighted by Crippen LogP contribution is -2.34. The number of piperidine rings is 1. The second-order valence-electron chi connectivity index (χ2n) is 6.09. The lowest BCUT2D eigenvalue weighted by Gasteiger charge is -2.29. The Balaban J connectivity index is 1.60. The molecule has 0 aliphatic carbocycles. The Labute approximate surface area is 151 Å². The van der Waals surface area contributed by atoms with Crippen LogP contribution in [0.25, 0.3) is 0 Å². The molecule has 0 bridgehead atoms. The molecule has 0 saturated carbocycles. The van der Waals surface area contributed by atoms with Crippen molar-refractivity contribution >= 4 is 33.3 Å². The van der Waals surface area contributed by atoms with Gasteiger partial charge in [-0.15, -0.1) is 10.2 Å². The molecule has 2 N–H and O–H groups in total. The van der Waals surface area contributed by atoms with E-state index in [0.717, 1.165) is 24.6 Å². The summed E-state index contributed by atoms with van der Waals surface area (Å²) in [5.41, 5.74) is 0.622. The van der Waals surface area contributed by atoms with Crippen LogP contribution in [0.4, 0.5) is 20.7 Å². The maximum absolute atomic E-state index is 12.2. The first-order valence-corrected chi connectivity index (χ1v) is 9.35. The highest BCUT2D eigenvalue weighted by molar-refractivity contribution is 7.19. The van der Waals surface area contributed by atoms with Gasteiger partial charge in [-0.1, -0.05) is 30.4 Å². The molecule has 1 saturated heterocycles. The summed E-state index contributed by atoms with van der Waals surface area (Å²) in [6.07, 6.45) is 2.42. The molecule has 2 amide bonds. The number of carbonyl (C=O) groups is 1. The Morgan fingerprint density at radius 2 is 2.20 bits per heavy atom. The van der Waals surface area contributed by atoms with Gasteiger partial charge in [0.15, 0.2) is 0 Å². The Morgan fingerprint density at radius 3 is 3.00 bits per heavy atom. The zero-order valence-electron chi connectivity index (χ0n) is 14.5. The normalized spacial score (nSPS) is 17.2. The van der Waals surface area contributed by atoms with Gasteiger partial charge in [-0.05, 0) is 37.8 Å². The lowest BCUT2D eigenvalue weighted by atomic mass is 10.0. The average Bonchev–Trinajstić information content (AvgIpc) is 3.05. The standard InChI is InChI=1S/C17H23N5O2S/c1-3-24-14-9-5-4-8-13(14)18-15(23)19-16-20-21-17(25-16)22-10-6-7-12(2)11-22/h4-5,8-9,12H,3,6-7,10-11H2,1-2H3,(H2,18,19,20,23)/t12-/m0/s1. The molecule has 25 heavy (non-hydrogen) atoms. The van der Waals surface area contributed by atoms with Crippen LogP contribution in [0.1, 0.15) is 26.7 Å². The first-order chi connectivity index (χ1) is 12.2. The lowest BCUT2D eigenvalue weighted by molar-refractivity contribution is 0.262. The van der Waals surface area contributed by atoms with Gasteiger partial charge in [0, 0.05) is 13.1 Å².